The normalized spacial score (nSPS) is 35.1. The SMILES string of the molecule is CC1CCC(O)(CNC2CCCc3sccc32)CC1. The zero-order chi connectivity index (χ0) is 13.3. The van der Waals surface area contributed by atoms with E-state index in [9.17, 15) is 5.11 Å². The van der Waals surface area contributed by atoms with Crippen LogP contribution in [-0.2, 0) is 6.42 Å². The van der Waals surface area contributed by atoms with Crippen LogP contribution in [0.1, 0.15) is 61.9 Å². The average molecular weight is 279 g/mol. The van der Waals surface area contributed by atoms with Crippen molar-refractivity contribution >= 4 is 11.3 Å². The summed E-state index contributed by atoms with van der Waals surface area (Å²) in [5.74, 6) is 0.790. The summed E-state index contributed by atoms with van der Waals surface area (Å²) in [5, 5.41) is 16.5. The quantitative estimate of drug-likeness (QED) is 0.885. The minimum atomic E-state index is -0.458. The van der Waals surface area contributed by atoms with Crippen LogP contribution in [0, 0.1) is 5.92 Å². The predicted molar refractivity (Wildman–Crippen MR) is 80.6 cm³/mol. The Balaban J connectivity index is 1.59. The van der Waals surface area contributed by atoms with Crippen LogP contribution in [-0.4, -0.2) is 17.3 Å². The van der Waals surface area contributed by atoms with E-state index in [1.54, 1.807) is 4.88 Å². The summed E-state index contributed by atoms with van der Waals surface area (Å²) in [5.41, 5.74) is 1.03. The highest BCUT2D eigenvalue weighted by Gasteiger charge is 2.32. The van der Waals surface area contributed by atoms with Crippen LogP contribution in [0.4, 0.5) is 0 Å². The molecule has 1 unspecified atom stereocenters. The molecule has 3 rings (SSSR count). The Labute approximate surface area is 120 Å². The molecule has 1 saturated carbocycles. The molecule has 0 aromatic carbocycles. The highest BCUT2D eigenvalue weighted by Crippen LogP contribution is 2.35. The van der Waals surface area contributed by atoms with Gasteiger partial charge in [0.15, 0.2) is 0 Å². The van der Waals surface area contributed by atoms with Crippen LogP contribution in [0.5, 0.6) is 0 Å². The van der Waals surface area contributed by atoms with E-state index < -0.39 is 5.60 Å². The lowest BCUT2D eigenvalue weighted by Gasteiger charge is -2.37. The van der Waals surface area contributed by atoms with Gasteiger partial charge in [0.2, 0.25) is 0 Å². The second kappa shape index (κ2) is 5.55. The van der Waals surface area contributed by atoms with Gasteiger partial charge in [-0.15, -0.1) is 11.3 Å². The van der Waals surface area contributed by atoms with Crippen molar-refractivity contribution in [1.29, 1.82) is 0 Å². The van der Waals surface area contributed by atoms with Crippen molar-refractivity contribution in [3.63, 3.8) is 0 Å². The number of nitrogens with one attached hydrogen (secondary N) is 1. The lowest BCUT2D eigenvalue weighted by Crippen LogP contribution is -2.44. The van der Waals surface area contributed by atoms with E-state index in [1.807, 2.05) is 11.3 Å². The zero-order valence-corrected chi connectivity index (χ0v) is 12.6. The molecule has 1 atom stereocenters. The molecule has 1 heterocycles. The van der Waals surface area contributed by atoms with Gasteiger partial charge in [-0.2, -0.15) is 0 Å². The Kier molecular flexibility index (Phi) is 3.97. The summed E-state index contributed by atoms with van der Waals surface area (Å²) >= 11 is 1.89. The second-order valence-electron chi connectivity index (χ2n) is 6.53. The first-order chi connectivity index (χ1) is 9.16. The molecular formula is C16H25NOS. The fourth-order valence-electron chi connectivity index (χ4n) is 3.49. The van der Waals surface area contributed by atoms with Crippen LogP contribution in [0.3, 0.4) is 0 Å². The van der Waals surface area contributed by atoms with E-state index >= 15 is 0 Å². The molecule has 0 amide bonds. The maximum atomic E-state index is 10.7. The fourth-order valence-corrected chi connectivity index (χ4v) is 4.48. The molecule has 1 aromatic rings. The van der Waals surface area contributed by atoms with E-state index in [0.29, 0.717) is 6.04 Å². The number of rotatable bonds is 3. The molecule has 2 aliphatic carbocycles. The molecule has 2 nitrogen and oxygen atoms in total. The number of thiophene rings is 1. The number of aliphatic hydroxyl groups is 1. The van der Waals surface area contributed by atoms with Crippen molar-refractivity contribution in [2.24, 2.45) is 5.92 Å². The van der Waals surface area contributed by atoms with Crippen LogP contribution < -0.4 is 5.32 Å². The first-order valence-corrected chi connectivity index (χ1v) is 8.56. The van der Waals surface area contributed by atoms with Crippen molar-refractivity contribution in [1.82, 2.24) is 5.32 Å². The third kappa shape index (κ3) is 3.04. The molecular weight excluding hydrogens is 254 g/mol. The van der Waals surface area contributed by atoms with E-state index in [1.165, 1.54) is 37.7 Å². The van der Waals surface area contributed by atoms with Gasteiger partial charge in [0.05, 0.1) is 5.60 Å². The molecule has 19 heavy (non-hydrogen) atoms. The van der Waals surface area contributed by atoms with Gasteiger partial charge in [0, 0.05) is 17.5 Å². The Bertz CT molecular complexity index is 420. The first kappa shape index (κ1) is 13.6. The number of hydrogen-bond donors (Lipinski definition) is 2. The van der Waals surface area contributed by atoms with Crippen molar-refractivity contribution in [3.05, 3.63) is 21.9 Å². The Hall–Kier alpha value is -0.380. The minimum absolute atomic E-state index is 0.458. The molecule has 1 fully saturated rings. The minimum Gasteiger partial charge on any atom is -0.389 e. The molecule has 2 aliphatic rings. The summed E-state index contributed by atoms with van der Waals surface area (Å²) in [6.07, 6.45) is 8.01. The monoisotopic (exact) mass is 279 g/mol. The van der Waals surface area contributed by atoms with Crippen molar-refractivity contribution in [2.45, 2.75) is 63.5 Å². The maximum absolute atomic E-state index is 10.7. The maximum Gasteiger partial charge on any atom is 0.0772 e. The summed E-state index contributed by atoms with van der Waals surface area (Å²) in [7, 11) is 0. The molecule has 0 radical (unpaired) electrons. The van der Waals surface area contributed by atoms with Gasteiger partial charge in [-0.25, -0.2) is 0 Å². The lowest BCUT2D eigenvalue weighted by atomic mass is 9.79. The molecule has 1 aromatic heterocycles. The number of hydrogen-bond acceptors (Lipinski definition) is 3. The number of fused-ring (bicyclic) bond motifs is 1. The van der Waals surface area contributed by atoms with Crippen LogP contribution >= 0.6 is 11.3 Å². The van der Waals surface area contributed by atoms with Crippen LogP contribution in [0.15, 0.2) is 11.4 Å². The van der Waals surface area contributed by atoms with E-state index in [0.717, 1.165) is 25.3 Å². The third-order valence-corrected chi connectivity index (χ3v) is 5.93. The zero-order valence-electron chi connectivity index (χ0n) is 11.8. The van der Waals surface area contributed by atoms with E-state index in [2.05, 4.69) is 23.7 Å². The Morgan fingerprint density at radius 1 is 1.37 bits per heavy atom. The topological polar surface area (TPSA) is 32.3 Å². The van der Waals surface area contributed by atoms with E-state index in [4.69, 9.17) is 0 Å². The molecule has 0 spiro atoms. The third-order valence-electron chi connectivity index (χ3n) is 4.93. The molecule has 0 aliphatic heterocycles. The van der Waals surface area contributed by atoms with Gasteiger partial charge in [0.25, 0.3) is 0 Å². The standard InChI is InChI=1S/C16H25NOS/c1-12-5-8-16(18,9-6-12)11-17-14-3-2-4-15-13(14)7-10-19-15/h7,10,12,14,17-18H,2-6,8-9,11H2,1H3. The van der Waals surface area contributed by atoms with E-state index in [-0.39, 0.29) is 0 Å². The molecule has 0 bridgehead atoms. The predicted octanol–water partition coefficient (Wildman–Crippen LogP) is 3.66. The van der Waals surface area contributed by atoms with Crippen LogP contribution in [0.2, 0.25) is 0 Å². The van der Waals surface area contributed by atoms with Crippen LogP contribution in [0.25, 0.3) is 0 Å². The molecule has 106 valence electrons. The largest absolute Gasteiger partial charge is 0.389 e. The smallest absolute Gasteiger partial charge is 0.0772 e. The molecule has 2 N–H and O–H groups in total. The molecule has 0 saturated heterocycles. The highest BCUT2D eigenvalue weighted by molar-refractivity contribution is 7.10. The summed E-state index contributed by atoms with van der Waals surface area (Å²) < 4.78 is 0. The summed E-state index contributed by atoms with van der Waals surface area (Å²) in [6, 6.07) is 2.74. The van der Waals surface area contributed by atoms with Gasteiger partial charge in [-0.05, 0) is 67.9 Å². The van der Waals surface area contributed by atoms with Gasteiger partial charge < -0.3 is 10.4 Å². The first-order valence-electron chi connectivity index (χ1n) is 7.68. The second-order valence-corrected chi connectivity index (χ2v) is 7.53. The molecule has 3 heteroatoms. The summed E-state index contributed by atoms with van der Waals surface area (Å²) in [4.78, 5) is 1.55. The number of aryl methyl sites for hydroxylation is 1. The average Bonchev–Trinajstić information content (AvgIpc) is 2.89. The Morgan fingerprint density at radius 2 is 2.16 bits per heavy atom. The fraction of sp³-hybridized carbons (Fsp3) is 0.750. The van der Waals surface area contributed by atoms with Gasteiger partial charge in [-0.3, -0.25) is 0 Å². The van der Waals surface area contributed by atoms with Gasteiger partial charge in [-0.1, -0.05) is 6.92 Å². The Morgan fingerprint density at radius 3 is 2.95 bits per heavy atom. The van der Waals surface area contributed by atoms with Crippen molar-refractivity contribution < 1.29 is 5.11 Å². The van der Waals surface area contributed by atoms with Crippen molar-refractivity contribution in [3.8, 4) is 0 Å². The highest BCUT2D eigenvalue weighted by atomic mass is 32.1. The lowest BCUT2D eigenvalue weighted by molar-refractivity contribution is -0.00858. The summed E-state index contributed by atoms with van der Waals surface area (Å²) in [6.45, 7) is 3.06. The van der Waals surface area contributed by atoms with Crippen molar-refractivity contribution in [2.75, 3.05) is 6.54 Å². The van der Waals surface area contributed by atoms with Gasteiger partial charge in [0.1, 0.15) is 0 Å². The van der Waals surface area contributed by atoms with Gasteiger partial charge >= 0.3 is 0 Å².